The summed E-state index contributed by atoms with van der Waals surface area (Å²) < 4.78 is 10.5. The second-order valence-electron chi connectivity index (χ2n) is 6.43. The summed E-state index contributed by atoms with van der Waals surface area (Å²) >= 11 is 1.53. The SMILES string of the molecule is COc1ccc(-c2nc(CNC(=O)c3ccc(N4CCOCC4)nn3)cs2)cc1. The van der Waals surface area contributed by atoms with Crippen molar-refractivity contribution >= 4 is 23.1 Å². The quantitative estimate of drug-likeness (QED) is 0.666. The molecule has 0 atom stereocenters. The van der Waals surface area contributed by atoms with Crippen LogP contribution in [0.25, 0.3) is 10.6 Å². The molecule has 29 heavy (non-hydrogen) atoms. The van der Waals surface area contributed by atoms with Crippen LogP contribution in [0.2, 0.25) is 0 Å². The number of nitrogens with one attached hydrogen (secondary N) is 1. The van der Waals surface area contributed by atoms with Gasteiger partial charge in [-0.2, -0.15) is 0 Å². The van der Waals surface area contributed by atoms with Gasteiger partial charge in [0.15, 0.2) is 11.5 Å². The molecule has 3 aromatic rings. The third-order valence-electron chi connectivity index (χ3n) is 4.54. The summed E-state index contributed by atoms with van der Waals surface area (Å²) in [5.74, 6) is 1.29. The second-order valence-corrected chi connectivity index (χ2v) is 7.29. The molecule has 1 aliphatic heterocycles. The predicted octanol–water partition coefficient (Wildman–Crippen LogP) is 2.38. The fourth-order valence-corrected chi connectivity index (χ4v) is 3.75. The first kappa shape index (κ1) is 19.3. The molecule has 0 bridgehead atoms. The first-order valence-electron chi connectivity index (χ1n) is 9.26. The zero-order valence-electron chi connectivity index (χ0n) is 16.0. The van der Waals surface area contributed by atoms with E-state index in [2.05, 4.69) is 25.4 Å². The van der Waals surface area contributed by atoms with Gasteiger partial charge in [-0.1, -0.05) is 0 Å². The fourth-order valence-electron chi connectivity index (χ4n) is 2.92. The molecule has 150 valence electrons. The Balaban J connectivity index is 1.34. The lowest BCUT2D eigenvalue weighted by molar-refractivity contribution is 0.0944. The number of hydrogen-bond donors (Lipinski definition) is 1. The number of aromatic nitrogens is 3. The highest BCUT2D eigenvalue weighted by Crippen LogP contribution is 2.25. The van der Waals surface area contributed by atoms with E-state index in [1.807, 2.05) is 35.7 Å². The number of thiazole rings is 1. The molecular formula is C20H21N5O3S. The smallest absolute Gasteiger partial charge is 0.272 e. The number of carbonyl (C=O) groups excluding carboxylic acids is 1. The summed E-state index contributed by atoms with van der Waals surface area (Å²) in [7, 11) is 1.64. The van der Waals surface area contributed by atoms with Crippen molar-refractivity contribution in [3.05, 3.63) is 53.2 Å². The molecule has 0 aliphatic carbocycles. The van der Waals surface area contributed by atoms with Gasteiger partial charge in [0.25, 0.3) is 5.91 Å². The molecule has 1 aliphatic rings. The number of benzene rings is 1. The number of amides is 1. The Labute approximate surface area is 172 Å². The van der Waals surface area contributed by atoms with Crippen molar-refractivity contribution in [2.45, 2.75) is 6.54 Å². The average molecular weight is 411 g/mol. The van der Waals surface area contributed by atoms with Crippen molar-refractivity contribution in [3.63, 3.8) is 0 Å². The lowest BCUT2D eigenvalue weighted by atomic mass is 10.2. The van der Waals surface area contributed by atoms with E-state index in [4.69, 9.17) is 9.47 Å². The maximum absolute atomic E-state index is 12.4. The molecule has 1 saturated heterocycles. The summed E-state index contributed by atoms with van der Waals surface area (Å²) in [5, 5.41) is 13.9. The molecule has 0 spiro atoms. The van der Waals surface area contributed by atoms with Crippen molar-refractivity contribution < 1.29 is 14.3 Å². The number of hydrogen-bond acceptors (Lipinski definition) is 8. The van der Waals surface area contributed by atoms with Crippen LogP contribution in [0.15, 0.2) is 41.8 Å². The largest absolute Gasteiger partial charge is 0.497 e. The van der Waals surface area contributed by atoms with Crippen LogP contribution in [0, 0.1) is 0 Å². The zero-order valence-corrected chi connectivity index (χ0v) is 16.8. The molecule has 0 radical (unpaired) electrons. The van der Waals surface area contributed by atoms with Crippen LogP contribution < -0.4 is 15.0 Å². The van der Waals surface area contributed by atoms with E-state index in [1.165, 1.54) is 11.3 Å². The summed E-state index contributed by atoms with van der Waals surface area (Å²) in [5.41, 5.74) is 2.10. The lowest BCUT2D eigenvalue weighted by Crippen LogP contribution is -2.37. The minimum Gasteiger partial charge on any atom is -0.497 e. The van der Waals surface area contributed by atoms with Crippen molar-refractivity contribution in [2.75, 3.05) is 38.3 Å². The minimum atomic E-state index is -0.273. The van der Waals surface area contributed by atoms with E-state index in [0.29, 0.717) is 19.8 Å². The highest BCUT2D eigenvalue weighted by atomic mass is 32.1. The zero-order chi connectivity index (χ0) is 20.1. The Morgan fingerprint density at radius 3 is 2.66 bits per heavy atom. The second kappa shape index (κ2) is 8.97. The molecule has 2 aromatic heterocycles. The Morgan fingerprint density at radius 2 is 1.97 bits per heavy atom. The van der Waals surface area contributed by atoms with Crippen LogP contribution in [-0.4, -0.2) is 54.5 Å². The van der Waals surface area contributed by atoms with Gasteiger partial charge in [0.05, 0.1) is 32.6 Å². The van der Waals surface area contributed by atoms with Crippen molar-refractivity contribution in [2.24, 2.45) is 0 Å². The first-order valence-corrected chi connectivity index (χ1v) is 10.1. The maximum Gasteiger partial charge on any atom is 0.272 e. The normalized spacial score (nSPS) is 13.9. The maximum atomic E-state index is 12.4. The van der Waals surface area contributed by atoms with Crippen LogP contribution in [0.5, 0.6) is 5.75 Å². The summed E-state index contributed by atoms with van der Waals surface area (Å²) in [6.07, 6.45) is 0. The topological polar surface area (TPSA) is 89.5 Å². The first-order chi connectivity index (χ1) is 14.2. The lowest BCUT2D eigenvalue weighted by Gasteiger charge is -2.27. The predicted molar refractivity (Wildman–Crippen MR) is 110 cm³/mol. The molecule has 1 amide bonds. The number of carbonyl (C=O) groups is 1. The van der Waals surface area contributed by atoms with Gasteiger partial charge in [-0.15, -0.1) is 21.5 Å². The van der Waals surface area contributed by atoms with E-state index in [1.54, 1.807) is 13.2 Å². The number of nitrogens with zero attached hydrogens (tertiary/aromatic N) is 4. The van der Waals surface area contributed by atoms with E-state index < -0.39 is 0 Å². The number of methoxy groups -OCH3 is 1. The molecule has 9 heteroatoms. The van der Waals surface area contributed by atoms with E-state index in [0.717, 1.165) is 40.9 Å². The van der Waals surface area contributed by atoms with Gasteiger partial charge in [-0.05, 0) is 36.4 Å². The standard InChI is InChI=1S/C20H21N5O3S/c1-27-16-4-2-14(3-5-16)20-22-15(13-29-20)12-21-19(26)17-6-7-18(24-23-17)25-8-10-28-11-9-25/h2-7,13H,8-12H2,1H3,(H,21,26). The van der Waals surface area contributed by atoms with Crippen molar-refractivity contribution in [1.82, 2.24) is 20.5 Å². The third kappa shape index (κ3) is 4.69. The number of anilines is 1. The minimum absolute atomic E-state index is 0.273. The van der Waals surface area contributed by atoms with Crippen LogP contribution in [0.1, 0.15) is 16.2 Å². The monoisotopic (exact) mass is 411 g/mol. The Hall–Kier alpha value is -3.04. The Kier molecular flexibility index (Phi) is 5.97. The fraction of sp³-hybridized carbons (Fsp3) is 0.300. The van der Waals surface area contributed by atoms with Gasteiger partial charge in [0, 0.05) is 24.0 Å². The highest BCUT2D eigenvalue weighted by Gasteiger charge is 2.15. The van der Waals surface area contributed by atoms with Gasteiger partial charge in [0.1, 0.15) is 10.8 Å². The van der Waals surface area contributed by atoms with Gasteiger partial charge in [0.2, 0.25) is 0 Å². The molecule has 0 unspecified atom stereocenters. The van der Waals surface area contributed by atoms with E-state index in [9.17, 15) is 4.79 Å². The molecular weight excluding hydrogens is 390 g/mol. The molecule has 3 heterocycles. The Morgan fingerprint density at radius 1 is 1.17 bits per heavy atom. The van der Waals surface area contributed by atoms with Crippen molar-refractivity contribution in [3.8, 4) is 16.3 Å². The molecule has 1 N–H and O–H groups in total. The summed E-state index contributed by atoms with van der Waals surface area (Å²) in [6, 6.07) is 11.2. The Bertz CT molecular complexity index is 953. The average Bonchev–Trinajstić information content (AvgIpc) is 3.27. The van der Waals surface area contributed by atoms with E-state index in [-0.39, 0.29) is 11.6 Å². The van der Waals surface area contributed by atoms with Gasteiger partial charge in [-0.25, -0.2) is 4.98 Å². The van der Waals surface area contributed by atoms with Gasteiger partial charge < -0.3 is 19.7 Å². The number of morpholine rings is 1. The number of ether oxygens (including phenoxy) is 2. The van der Waals surface area contributed by atoms with Crippen LogP contribution in [0.4, 0.5) is 5.82 Å². The van der Waals surface area contributed by atoms with Gasteiger partial charge >= 0.3 is 0 Å². The number of rotatable bonds is 6. The van der Waals surface area contributed by atoms with Crippen LogP contribution in [-0.2, 0) is 11.3 Å². The molecule has 4 rings (SSSR count). The molecule has 0 saturated carbocycles. The molecule has 8 nitrogen and oxygen atoms in total. The van der Waals surface area contributed by atoms with Crippen LogP contribution in [0.3, 0.4) is 0 Å². The van der Waals surface area contributed by atoms with E-state index >= 15 is 0 Å². The summed E-state index contributed by atoms with van der Waals surface area (Å²) in [6.45, 7) is 3.24. The highest BCUT2D eigenvalue weighted by molar-refractivity contribution is 7.13. The third-order valence-corrected chi connectivity index (χ3v) is 5.48. The molecule has 1 aromatic carbocycles. The summed E-state index contributed by atoms with van der Waals surface area (Å²) in [4.78, 5) is 19.0. The van der Waals surface area contributed by atoms with Crippen LogP contribution >= 0.6 is 11.3 Å². The van der Waals surface area contributed by atoms with Gasteiger partial charge in [-0.3, -0.25) is 4.79 Å². The molecule has 1 fully saturated rings. The van der Waals surface area contributed by atoms with Crippen molar-refractivity contribution in [1.29, 1.82) is 0 Å².